The van der Waals surface area contributed by atoms with Gasteiger partial charge in [0.25, 0.3) is 5.91 Å². The van der Waals surface area contributed by atoms with Crippen molar-refractivity contribution >= 4 is 79.7 Å². The number of hydrogen-bond acceptors (Lipinski definition) is 4. The predicted octanol–water partition coefficient (Wildman–Crippen LogP) is 9.56. The van der Waals surface area contributed by atoms with Crippen LogP contribution in [0.15, 0.2) is 88.4 Å². The van der Waals surface area contributed by atoms with Crippen molar-refractivity contribution in [2.24, 2.45) is 5.10 Å². The molecule has 0 aliphatic heterocycles. The van der Waals surface area contributed by atoms with Crippen LogP contribution in [-0.2, 0) is 6.18 Å². The lowest BCUT2D eigenvalue weighted by atomic mass is 10.00. The molecule has 0 saturated heterocycles. The van der Waals surface area contributed by atoms with E-state index < -0.39 is 23.6 Å². The number of esters is 1. The van der Waals surface area contributed by atoms with Gasteiger partial charge in [0.05, 0.1) is 27.9 Å². The summed E-state index contributed by atoms with van der Waals surface area (Å²) in [5.74, 6) is -1.50. The Hall–Kier alpha value is -3.83. The van der Waals surface area contributed by atoms with Gasteiger partial charge in [0.2, 0.25) is 0 Å². The molecule has 1 aromatic heterocycles. The van der Waals surface area contributed by atoms with Crippen LogP contribution in [0.1, 0.15) is 32.0 Å². The summed E-state index contributed by atoms with van der Waals surface area (Å²) in [6.07, 6.45) is -3.47. The van der Waals surface area contributed by atoms with Gasteiger partial charge >= 0.3 is 12.1 Å². The number of ether oxygens (including phenoxy) is 1. The van der Waals surface area contributed by atoms with Crippen LogP contribution in [0.4, 0.5) is 13.2 Å². The van der Waals surface area contributed by atoms with Crippen molar-refractivity contribution in [1.82, 2.24) is 10.4 Å². The van der Waals surface area contributed by atoms with Gasteiger partial charge in [-0.05, 0) is 48.5 Å². The molecule has 5 rings (SSSR count). The molecule has 5 aromatic rings. The topological polar surface area (TPSA) is 83.5 Å². The minimum absolute atomic E-state index is 0.0781. The van der Waals surface area contributed by atoms with E-state index in [1.165, 1.54) is 42.6 Å². The molecule has 0 unspecified atom stereocenters. The maximum Gasteiger partial charge on any atom is 0.418 e. The first-order valence-electron chi connectivity index (χ1n) is 12.2. The Balaban J connectivity index is 1.48. The van der Waals surface area contributed by atoms with Crippen LogP contribution in [0, 0.1) is 0 Å². The van der Waals surface area contributed by atoms with Crippen LogP contribution in [0.2, 0.25) is 15.1 Å². The number of nitrogens with one attached hydrogen (secondary N) is 2. The quantitative estimate of drug-likeness (QED) is 0.0798. The normalized spacial score (nSPS) is 11.7. The highest BCUT2D eigenvalue weighted by molar-refractivity contribution is 9.10. The Kier molecular flexibility index (Phi) is 8.84. The average Bonchev–Trinajstić information content (AvgIpc) is 3.33. The van der Waals surface area contributed by atoms with Crippen LogP contribution in [0.25, 0.3) is 22.0 Å². The molecule has 0 radical (unpaired) electrons. The summed E-state index contributed by atoms with van der Waals surface area (Å²) >= 11 is 21.7. The number of carbonyl (C=O) groups excluding carboxylic acids is 2. The summed E-state index contributed by atoms with van der Waals surface area (Å²) < 4.78 is 47.6. The molecule has 2 N–H and O–H groups in total. The molecular weight excluding hydrogens is 694 g/mol. The lowest BCUT2D eigenvalue weighted by molar-refractivity contribution is -0.136. The van der Waals surface area contributed by atoms with E-state index in [4.69, 9.17) is 39.5 Å². The van der Waals surface area contributed by atoms with Crippen molar-refractivity contribution < 1.29 is 27.5 Å². The number of halogens is 7. The van der Waals surface area contributed by atoms with E-state index in [0.29, 0.717) is 15.1 Å². The lowest BCUT2D eigenvalue weighted by Gasteiger charge is -2.09. The van der Waals surface area contributed by atoms with Crippen molar-refractivity contribution in [2.75, 3.05) is 0 Å². The number of benzene rings is 4. The largest absolute Gasteiger partial charge is 0.422 e. The third-order valence-electron chi connectivity index (χ3n) is 6.20. The first kappa shape index (κ1) is 30.6. The minimum Gasteiger partial charge on any atom is -0.422 e. The number of alkyl halides is 3. The van der Waals surface area contributed by atoms with Gasteiger partial charge in [-0.15, -0.1) is 0 Å². The van der Waals surface area contributed by atoms with Crippen LogP contribution in [0.3, 0.4) is 0 Å². The summed E-state index contributed by atoms with van der Waals surface area (Å²) in [4.78, 5) is 28.7. The van der Waals surface area contributed by atoms with Crippen molar-refractivity contribution in [3.8, 4) is 16.9 Å². The zero-order chi connectivity index (χ0) is 30.9. The second-order valence-corrected chi connectivity index (χ2v) is 11.1. The van der Waals surface area contributed by atoms with Gasteiger partial charge in [-0.3, -0.25) is 4.79 Å². The molecule has 0 aliphatic rings. The second kappa shape index (κ2) is 12.4. The SMILES string of the molecule is O=C(Oc1ccc(Br)cc1C=NNC(=O)c1[nH]c2c(C(F)(F)F)cccc2c1-c1ccccc1Cl)c1ccc(Cl)cc1Cl. The number of carbonyl (C=O) groups is 2. The third-order valence-corrected chi connectivity index (χ3v) is 7.58. The average molecular weight is 710 g/mol. The van der Waals surface area contributed by atoms with Gasteiger partial charge in [0, 0.05) is 36.6 Å². The zero-order valence-corrected chi connectivity index (χ0v) is 25.3. The molecule has 4 aromatic carbocycles. The number of hydrazone groups is 1. The zero-order valence-electron chi connectivity index (χ0n) is 21.4. The Morgan fingerprint density at radius 2 is 1.70 bits per heavy atom. The van der Waals surface area contributed by atoms with Crippen LogP contribution in [0.5, 0.6) is 5.75 Å². The molecule has 1 amide bonds. The number of amides is 1. The summed E-state index contributed by atoms with van der Waals surface area (Å²) in [6, 6.07) is 19.1. The summed E-state index contributed by atoms with van der Waals surface area (Å²) in [6.45, 7) is 0. The molecule has 218 valence electrons. The van der Waals surface area contributed by atoms with E-state index in [2.05, 4.69) is 31.4 Å². The number of aromatic nitrogens is 1. The fourth-order valence-electron chi connectivity index (χ4n) is 4.31. The van der Waals surface area contributed by atoms with Gasteiger partial charge in [0.1, 0.15) is 11.4 Å². The Morgan fingerprint density at radius 1 is 0.930 bits per heavy atom. The van der Waals surface area contributed by atoms with Gasteiger partial charge in [-0.1, -0.05) is 81.1 Å². The van der Waals surface area contributed by atoms with Crippen molar-refractivity contribution in [2.45, 2.75) is 6.18 Å². The van der Waals surface area contributed by atoms with E-state index in [0.717, 1.165) is 6.07 Å². The highest BCUT2D eigenvalue weighted by atomic mass is 79.9. The van der Waals surface area contributed by atoms with Crippen LogP contribution < -0.4 is 10.2 Å². The fourth-order valence-corrected chi connectivity index (χ4v) is 5.40. The van der Waals surface area contributed by atoms with Crippen molar-refractivity contribution in [3.63, 3.8) is 0 Å². The van der Waals surface area contributed by atoms with E-state index in [1.807, 2.05) is 0 Å². The maximum atomic E-state index is 13.8. The lowest BCUT2D eigenvalue weighted by Crippen LogP contribution is -2.19. The Labute approximate surface area is 265 Å². The minimum atomic E-state index is -4.68. The second-order valence-electron chi connectivity index (χ2n) is 8.98. The number of hydrogen-bond donors (Lipinski definition) is 2. The first-order chi connectivity index (χ1) is 20.4. The summed E-state index contributed by atoms with van der Waals surface area (Å²) in [5, 5.41) is 4.80. The molecule has 1 heterocycles. The molecule has 0 spiro atoms. The summed E-state index contributed by atoms with van der Waals surface area (Å²) in [7, 11) is 0. The third kappa shape index (κ3) is 6.57. The molecule has 43 heavy (non-hydrogen) atoms. The van der Waals surface area contributed by atoms with Crippen LogP contribution >= 0.6 is 50.7 Å². The number of para-hydroxylation sites is 1. The summed E-state index contributed by atoms with van der Waals surface area (Å²) in [5.41, 5.74) is 1.82. The van der Waals surface area contributed by atoms with E-state index in [1.54, 1.807) is 36.4 Å². The molecule has 6 nitrogen and oxygen atoms in total. The number of rotatable bonds is 6. The maximum absolute atomic E-state index is 13.8. The highest BCUT2D eigenvalue weighted by Gasteiger charge is 2.35. The fraction of sp³-hybridized carbons (Fsp3) is 0.0333. The number of nitrogens with zero attached hydrogens (tertiary/aromatic N) is 1. The monoisotopic (exact) mass is 707 g/mol. The van der Waals surface area contributed by atoms with Gasteiger partial charge < -0.3 is 9.72 Å². The smallest absolute Gasteiger partial charge is 0.418 e. The van der Waals surface area contributed by atoms with Crippen LogP contribution in [-0.4, -0.2) is 23.1 Å². The van der Waals surface area contributed by atoms with Gasteiger partial charge in [-0.2, -0.15) is 18.3 Å². The number of aromatic amines is 1. The standard InChI is InChI=1S/C30H16BrCl3F3N3O3/c31-16-8-11-24(43-29(42)19-10-9-17(32)13-23(19)34)15(12-16)14-38-40-28(41)27-25(18-4-1-2-7-22(18)33)20-5-3-6-21(26(20)39-27)30(35,36)37/h1-14,39H,(H,40,41). The molecular formula is C30H16BrCl3F3N3O3. The molecule has 0 bridgehead atoms. The van der Waals surface area contributed by atoms with Crippen molar-refractivity contribution in [1.29, 1.82) is 0 Å². The van der Waals surface area contributed by atoms with Gasteiger partial charge in [0.15, 0.2) is 0 Å². The first-order valence-corrected chi connectivity index (χ1v) is 14.1. The van der Waals surface area contributed by atoms with Gasteiger partial charge in [-0.25, -0.2) is 10.2 Å². The Morgan fingerprint density at radius 3 is 2.42 bits per heavy atom. The van der Waals surface area contributed by atoms with E-state index in [-0.39, 0.29) is 49.1 Å². The molecule has 0 aliphatic carbocycles. The Bertz CT molecular complexity index is 1930. The number of fused-ring (bicyclic) bond motifs is 1. The van der Waals surface area contributed by atoms with Crippen molar-refractivity contribution in [3.05, 3.63) is 121 Å². The molecule has 13 heteroatoms. The predicted molar refractivity (Wildman–Crippen MR) is 164 cm³/mol. The molecule has 0 saturated carbocycles. The van der Waals surface area contributed by atoms with E-state index in [9.17, 15) is 22.8 Å². The molecule has 0 fully saturated rings. The highest BCUT2D eigenvalue weighted by Crippen LogP contribution is 2.41. The van der Waals surface area contributed by atoms with E-state index >= 15 is 0 Å². The molecule has 0 atom stereocenters. The number of H-pyrrole nitrogens is 1.